The Morgan fingerprint density at radius 3 is 2.62 bits per heavy atom. The van der Waals surface area contributed by atoms with E-state index in [4.69, 9.17) is 17.3 Å². The first-order valence-corrected chi connectivity index (χ1v) is 5.14. The standard InChI is InChI=1S/C12H10ClFN2/c1-7-2-4-9(13)11(12(7)14)8-3-5-10(15)16-6-8/h2-6H,1H3,(H2,15,16). The van der Waals surface area contributed by atoms with Gasteiger partial charge in [-0.15, -0.1) is 0 Å². The first-order chi connectivity index (χ1) is 7.59. The van der Waals surface area contributed by atoms with Gasteiger partial charge in [0.25, 0.3) is 0 Å². The summed E-state index contributed by atoms with van der Waals surface area (Å²) in [4.78, 5) is 3.92. The molecule has 0 aliphatic carbocycles. The third-order valence-corrected chi connectivity index (χ3v) is 2.67. The second kappa shape index (κ2) is 4.10. The summed E-state index contributed by atoms with van der Waals surface area (Å²) < 4.78 is 13.9. The molecular formula is C12H10ClFN2. The minimum Gasteiger partial charge on any atom is -0.384 e. The Kier molecular flexibility index (Phi) is 2.79. The molecule has 82 valence electrons. The highest BCUT2D eigenvalue weighted by Crippen LogP contribution is 2.31. The number of nitrogens with two attached hydrogens (primary N) is 1. The van der Waals surface area contributed by atoms with Crippen molar-refractivity contribution in [3.8, 4) is 11.1 Å². The Balaban J connectivity index is 2.63. The van der Waals surface area contributed by atoms with Gasteiger partial charge in [-0.3, -0.25) is 0 Å². The lowest BCUT2D eigenvalue weighted by Crippen LogP contribution is -1.93. The number of aromatic nitrogens is 1. The number of nitrogen functional groups attached to an aromatic ring is 1. The van der Waals surface area contributed by atoms with Gasteiger partial charge in [-0.2, -0.15) is 0 Å². The van der Waals surface area contributed by atoms with E-state index < -0.39 is 0 Å². The van der Waals surface area contributed by atoms with Crippen LogP contribution in [-0.4, -0.2) is 4.98 Å². The minimum atomic E-state index is -0.320. The van der Waals surface area contributed by atoms with Crippen molar-refractivity contribution in [2.45, 2.75) is 6.92 Å². The Morgan fingerprint density at radius 2 is 2.00 bits per heavy atom. The quantitative estimate of drug-likeness (QED) is 0.824. The number of hydrogen-bond acceptors (Lipinski definition) is 2. The molecule has 0 spiro atoms. The van der Waals surface area contributed by atoms with Gasteiger partial charge >= 0.3 is 0 Å². The summed E-state index contributed by atoms with van der Waals surface area (Å²) >= 11 is 5.98. The monoisotopic (exact) mass is 236 g/mol. The van der Waals surface area contributed by atoms with Crippen molar-refractivity contribution in [3.63, 3.8) is 0 Å². The largest absolute Gasteiger partial charge is 0.384 e. The van der Waals surface area contributed by atoms with Crippen molar-refractivity contribution in [1.82, 2.24) is 4.98 Å². The van der Waals surface area contributed by atoms with Gasteiger partial charge in [0.05, 0.1) is 5.02 Å². The SMILES string of the molecule is Cc1ccc(Cl)c(-c2ccc(N)nc2)c1F. The van der Waals surface area contributed by atoms with Crippen molar-refractivity contribution >= 4 is 17.4 Å². The summed E-state index contributed by atoms with van der Waals surface area (Å²) in [5.74, 6) is 0.0759. The van der Waals surface area contributed by atoms with Crippen LogP contribution in [0, 0.1) is 12.7 Å². The fourth-order valence-electron chi connectivity index (χ4n) is 1.47. The number of anilines is 1. The van der Waals surface area contributed by atoms with E-state index in [-0.39, 0.29) is 5.82 Å². The van der Waals surface area contributed by atoms with E-state index in [0.29, 0.717) is 27.5 Å². The van der Waals surface area contributed by atoms with Crippen molar-refractivity contribution in [2.75, 3.05) is 5.73 Å². The molecule has 0 amide bonds. The van der Waals surface area contributed by atoms with Crippen molar-refractivity contribution < 1.29 is 4.39 Å². The molecule has 2 rings (SSSR count). The predicted molar refractivity (Wildman–Crippen MR) is 63.8 cm³/mol. The molecule has 2 nitrogen and oxygen atoms in total. The summed E-state index contributed by atoms with van der Waals surface area (Å²) in [7, 11) is 0. The van der Waals surface area contributed by atoms with Gasteiger partial charge < -0.3 is 5.73 Å². The maximum atomic E-state index is 13.9. The first-order valence-electron chi connectivity index (χ1n) is 4.76. The molecule has 1 aromatic carbocycles. The molecule has 0 radical (unpaired) electrons. The normalized spacial score (nSPS) is 10.4. The topological polar surface area (TPSA) is 38.9 Å². The number of rotatable bonds is 1. The molecule has 16 heavy (non-hydrogen) atoms. The molecule has 4 heteroatoms. The Hall–Kier alpha value is -1.61. The van der Waals surface area contributed by atoms with Crippen LogP contribution in [0.2, 0.25) is 5.02 Å². The molecule has 0 bridgehead atoms. The van der Waals surface area contributed by atoms with E-state index in [1.54, 1.807) is 31.2 Å². The zero-order valence-corrected chi connectivity index (χ0v) is 9.42. The van der Waals surface area contributed by atoms with Crippen molar-refractivity contribution in [1.29, 1.82) is 0 Å². The lowest BCUT2D eigenvalue weighted by atomic mass is 10.0. The fraction of sp³-hybridized carbons (Fsp3) is 0.0833. The molecule has 1 aromatic heterocycles. The first kappa shape index (κ1) is 10.9. The highest BCUT2D eigenvalue weighted by Gasteiger charge is 2.12. The van der Waals surface area contributed by atoms with Gasteiger partial charge in [-0.1, -0.05) is 17.7 Å². The maximum absolute atomic E-state index is 13.9. The molecule has 0 atom stereocenters. The maximum Gasteiger partial charge on any atom is 0.135 e. The summed E-state index contributed by atoms with van der Waals surface area (Å²) in [6.45, 7) is 1.69. The van der Waals surface area contributed by atoms with Crippen LogP contribution in [0.3, 0.4) is 0 Å². The Bertz CT molecular complexity index is 523. The van der Waals surface area contributed by atoms with Crippen molar-refractivity contribution in [2.24, 2.45) is 0 Å². The molecule has 0 fully saturated rings. The third kappa shape index (κ3) is 1.86. The van der Waals surface area contributed by atoms with Gasteiger partial charge in [-0.05, 0) is 30.7 Å². The van der Waals surface area contributed by atoms with Crippen LogP contribution in [-0.2, 0) is 0 Å². The number of aryl methyl sites for hydroxylation is 1. The average molecular weight is 237 g/mol. The predicted octanol–water partition coefficient (Wildman–Crippen LogP) is 3.43. The molecule has 0 aliphatic heterocycles. The van der Waals surface area contributed by atoms with Crippen LogP contribution in [0.5, 0.6) is 0 Å². The summed E-state index contributed by atoms with van der Waals surface area (Å²) in [5.41, 5.74) is 7.02. The molecule has 1 heterocycles. The van der Waals surface area contributed by atoms with Gasteiger partial charge in [0, 0.05) is 17.3 Å². The zero-order valence-electron chi connectivity index (χ0n) is 8.67. The van der Waals surface area contributed by atoms with Gasteiger partial charge in [0.1, 0.15) is 11.6 Å². The van der Waals surface area contributed by atoms with Gasteiger partial charge in [-0.25, -0.2) is 9.37 Å². The van der Waals surface area contributed by atoms with Crippen LogP contribution >= 0.6 is 11.6 Å². The third-order valence-electron chi connectivity index (χ3n) is 2.36. The molecule has 0 saturated heterocycles. The number of nitrogens with zero attached hydrogens (tertiary/aromatic N) is 1. The van der Waals surface area contributed by atoms with Crippen LogP contribution < -0.4 is 5.73 Å². The minimum absolute atomic E-state index is 0.320. The smallest absolute Gasteiger partial charge is 0.135 e. The van der Waals surface area contributed by atoms with Gasteiger partial charge in [0.2, 0.25) is 0 Å². The molecule has 2 aromatic rings. The second-order valence-electron chi connectivity index (χ2n) is 3.53. The van der Waals surface area contributed by atoms with Crippen molar-refractivity contribution in [3.05, 3.63) is 46.9 Å². The van der Waals surface area contributed by atoms with E-state index in [2.05, 4.69) is 4.98 Å². The molecule has 2 N–H and O–H groups in total. The van der Waals surface area contributed by atoms with Crippen LogP contribution in [0.25, 0.3) is 11.1 Å². The van der Waals surface area contributed by atoms with E-state index in [9.17, 15) is 4.39 Å². The van der Waals surface area contributed by atoms with E-state index in [1.807, 2.05) is 0 Å². The fourth-order valence-corrected chi connectivity index (χ4v) is 1.73. The number of pyridine rings is 1. The Labute approximate surface area is 97.9 Å². The second-order valence-corrected chi connectivity index (χ2v) is 3.93. The lowest BCUT2D eigenvalue weighted by Gasteiger charge is -2.08. The van der Waals surface area contributed by atoms with E-state index in [0.717, 1.165) is 0 Å². The zero-order chi connectivity index (χ0) is 11.7. The summed E-state index contributed by atoms with van der Waals surface area (Å²) in [5, 5.41) is 0.370. The lowest BCUT2D eigenvalue weighted by molar-refractivity contribution is 0.622. The molecule has 0 saturated carbocycles. The number of hydrogen-bond donors (Lipinski definition) is 1. The molecule has 0 aliphatic rings. The van der Waals surface area contributed by atoms with E-state index in [1.165, 1.54) is 6.20 Å². The molecular weight excluding hydrogens is 227 g/mol. The summed E-state index contributed by atoms with van der Waals surface area (Å²) in [6.07, 6.45) is 1.51. The highest BCUT2D eigenvalue weighted by molar-refractivity contribution is 6.33. The van der Waals surface area contributed by atoms with Crippen LogP contribution in [0.4, 0.5) is 10.2 Å². The summed E-state index contributed by atoms with van der Waals surface area (Å²) in [6, 6.07) is 6.64. The van der Waals surface area contributed by atoms with Crippen LogP contribution in [0.15, 0.2) is 30.5 Å². The number of halogens is 2. The Morgan fingerprint density at radius 1 is 1.25 bits per heavy atom. The van der Waals surface area contributed by atoms with Crippen LogP contribution in [0.1, 0.15) is 5.56 Å². The average Bonchev–Trinajstić information content (AvgIpc) is 2.27. The molecule has 0 unspecified atom stereocenters. The number of benzene rings is 1. The van der Waals surface area contributed by atoms with Gasteiger partial charge in [0.15, 0.2) is 0 Å². The highest BCUT2D eigenvalue weighted by atomic mass is 35.5. The van der Waals surface area contributed by atoms with E-state index >= 15 is 0 Å².